The normalized spacial score (nSPS) is 18.9. The first-order valence-electron chi connectivity index (χ1n) is 7.12. The number of amides is 2. The van der Waals surface area contributed by atoms with Crippen LogP contribution in [0.25, 0.3) is 0 Å². The van der Waals surface area contributed by atoms with Crippen LogP contribution in [-0.4, -0.2) is 40.1 Å². The molecule has 6 heteroatoms. The molecule has 2 amide bonds. The number of carbonyl (C=O) groups excluding carboxylic acids is 1. The van der Waals surface area contributed by atoms with Crippen molar-refractivity contribution in [2.45, 2.75) is 32.7 Å². The lowest BCUT2D eigenvalue weighted by Gasteiger charge is -2.36. The van der Waals surface area contributed by atoms with E-state index in [1.165, 1.54) is 0 Å². The van der Waals surface area contributed by atoms with Gasteiger partial charge in [-0.15, -0.1) is 0 Å². The van der Waals surface area contributed by atoms with E-state index in [1.54, 1.807) is 18.0 Å². The molecule has 1 aliphatic rings. The van der Waals surface area contributed by atoms with Crippen molar-refractivity contribution in [3.63, 3.8) is 0 Å². The zero-order chi connectivity index (χ0) is 15.5. The Morgan fingerprint density at radius 2 is 2.05 bits per heavy atom. The number of nitrogens with one attached hydrogen (secondary N) is 1. The second-order valence-corrected chi connectivity index (χ2v) is 5.78. The fourth-order valence-electron chi connectivity index (χ4n) is 2.40. The SMILES string of the molecule is CC(NC(=O)N1CCC(C)(C(=O)O)CC1)c1ccccn1. The van der Waals surface area contributed by atoms with Gasteiger partial charge in [0.25, 0.3) is 0 Å². The smallest absolute Gasteiger partial charge is 0.317 e. The fourth-order valence-corrected chi connectivity index (χ4v) is 2.40. The third-order valence-electron chi connectivity index (χ3n) is 4.14. The van der Waals surface area contributed by atoms with Crippen LogP contribution in [0.1, 0.15) is 38.4 Å². The molecular weight excluding hydrogens is 270 g/mol. The third-order valence-corrected chi connectivity index (χ3v) is 4.14. The zero-order valence-corrected chi connectivity index (χ0v) is 12.4. The van der Waals surface area contributed by atoms with E-state index in [0.717, 1.165) is 5.69 Å². The maximum absolute atomic E-state index is 12.2. The van der Waals surface area contributed by atoms with Gasteiger partial charge >= 0.3 is 12.0 Å². The van der Waals surface area contributed by atoms with Crippen molar-refractivity contribution < 1.29 is 14.7 Å². The van der Waals surface area contributed by atoms with Gasteiger partial charge in [0.15, 0.2) is 0 Å². The Morgan fingerprint density at radius 3 is 2.57 bits per heavy atom. The van der Waals surface area contributed by atoms with Gasteiger partial charge in [0.05, 0.1) is 17.2 Å². The minimum absolute atomic E-state index is 0.166. The average molecular weight is 291 g/mol. The van der Waals surface area contributed by atoms with Crippen LogP contribution in [0.2, 0.25) is 0 Å². The van der Waals surface area contributed by atoms with Crippen LogP contribution in [0.15, 0.2) is 24.4 Å². The number of rotatable bonds is 3. The van der Waals surface area contributed by atoms with E-state index >= 15 is 0 Å². The molecule has 1 aliphatic heterocycles. The van der Waals surface area contributed by atoms with Crippen LogP contribution in [0.5, 0.6) is 0 Å². The Labute approximate surface area is 124 Å². The quantitative estimate of drug-likeness (QED) is 0.892. The van der Waals surface area contributed by atoms with Crippen LogP contribution in [0, 0.1) is 5.41 Å². The molecule has 2 heterocycles. The number of aliphatic carboxylic acids is 1. The number of hydrogen-bond acceptors (Lipinski definition) is 3. The van der Waals surface area contributed by atoms with E-state index in [-0.39, 0.29) is 12.1 Å². The van der Waals surface area contributed by atoms with Crippen LogP contribution in [-0.2, 0) is 4.79 Å². The van der Waals surface area contributed by atoms with E-state index in [1.807, 2.05) is 25.1 Å². The van der Waals surface area contributed by atoms with E-state index in [2.05, 4.69) is 10.3 Å². The topological polar surface area (TPSA) is 82.5 Å². The average Bonchev–Trinajstić information content (AvgIpc) is 2.48. The lowest BCUT2D eigenvalue weighted by atomic mass is 9.80. The largest absolute Gasteiger partial charge is 0.481 e. The van der Waals surface area contributed by atoms with Crippen LogP contribution in [0.4, 0.5) is 4.79 Å². The van der Waals surface area contributed by atoms with E-state index in [4.69, 9.17) is 0 Å². The Kier molecular flexibility index (Phi) is 4.45. The molecule has 1 aromatic heterocycles. The highest BCUT2D eigenvalue weighted by molar-refractivity contribution is 5.77. The maximum atomic E-state index is 12.2. The predicted molar refractivity (Wildman–Crippen MR) is 77.7 cm³/mol. The number of carbonyl (C=O) groups is 2. The van der Waals surface area contributed by atoms with Gasteiger partial charge < -0.3 is 15.3 Å². The summed E-state index contributed by atoms with van der Waals surface area (Å²) in [6.45, 7) is 4.54. The number of urea groups is 1. The van der Waals surface area contributed by atoms with Crippen molar-refractivity contribution in [1.29, 1.82) is 0 Å². The molecule has 0 spiro atoms. The minimum Gasteiger partial charge on any atom is -0.481 e. The van der Waals surface area contributed by atoms with Crippen molar-refractivity contribution in [2.75, 3.05) is 13.1 Å². The van der Waals surface area contributed by atoms with E-state index in [0.29, 0.717) is 25.9 Å². The standard InChI is InChI=1S/C15H21N3O3/c1-11(12-5-3-4-8-16-12)17-14(21)18-9-6-15(2,7-10-18)13(19)20/h3-5,8,11H,6-7,9-10H2,1-2H3,(H,17,21)(H,19,20). The van der Waals surface area contributed by atoms with Gasteiger partial charge in [-0.25, -0.2) is 4.79 Å². The lowest BCUT2D eigenvalue weighted by molar-refractivity contribution is -0.150. The monoisotopic (exact) mass is 291 g/mol. The van der Waals surface area contributed by atoms with Crippen molar-refractivity contribution in [2.24, 2.45) is 5.41 Å². The number of aromatic nitrogens is 1. The summed E-state index contributed by atoms with van der Waals surface area (Å²) in [5, 5.41) is 12.1. The highest BCUT2D eigenvalue weighted by Gasteiger charge is 2.38. The number of carboxylic acids is 1. The molecule has 0 bridgehead atoms. The highest BCUT2D eigenvalue weighted by atomic mass is 16.4. The summed E-state index contributed by atoms with van der Waals surface area (Å²) in [4.78, 5) is 29.3. The van der Waals surface area contributed by atoms with Gasteiger partial charge in [0, 0.05) is 19.3 Å². The van der Waals surface area contributed by atoms with E-state index in [9.17, 15) is 14.7 Å². The van der Waals surface area contributed by atoms with Crippen LogP contribution >= 0.6 is 0 Å². The Morgan fingerprint density at radius 1 is 1.38 bits per heavy atom. The zero-order valence-electron chi connectivity index (χ0n) is 12.4. The molecule has 1 aromatic rings. The predicted octanol–water partition coefficient (Wildman–Crippen LogP) is 2.04. The first kappa shape index (κ1) is 15.3. The van der Waals surface area contributed by atoms with Gasteiger partial charge in [-0.1, -0.05) is 6.07 Å². The number of pyridine rings is 1. The number of likely N-dealkylation sites (tertiary alicyclic amines) is 1. The molecule has 1 fully saturated rings. The summed E-state index contributed by atoms with van der Waals surface area (Å²) < 4.78 is 0. The van der Waals surface area contributed by atoms with Crippen molar-refractivity contribution in [3.8, 4) is 0 Å². The van der Waals surface area contributed by atoms with Gasteiger partial charge in [-0.3, -0.25) is 9.78 Å². The van der Waals surface area contributed by atoms with Gasteiger partial charge in [-0.05, 0) is 38.8 Å². The molecular formula is C15H21N3O3. The maximum Gasteiger partial charge on any atom is 0.317 e. The summed E-state index contributed by atoms with van der Waals surface area (Å²) >= 11 is 0. The van der Waals surface area contributed by atoms with Crippen molar-refractivity contribution in [3.05, 3.63) is 30.1 Å². The lowest BCUT2D eigenvalue weighted by Crippen LogP contribution is -2.49. The number of nitrogens with zero attached hydrogens (tertiary/aromatic N) is 2. The number of hydrogen-bond donors (Lipinski definition) is 2. The molecule has 0 aromatic carbocycles. The summed E-state index contributed by atoms with van der Waals surface area (Å²) in [6.07, 6.45) is 2.65. The summed E-state index contributed by atoms with van der Waals surface area (Å²) in [7, 11) is 0. The molecule has 0 radical (unpaired) electrons. The molecule has 21 heavy (non-hydrogen) atoms. The van der Waals surface area contributed by atoms with Gasteiger partial charge in [0.1, 0.15) is 0 Å². The highest BCUT2D eigenvalue weighted by Crippen LogP contribution is 2.31. The number of piperidine rings is 1. The Bertz CT molecular complexity index is 510. The second kappa shape index (κ2) is 6.11. The van der Waals surface area contributed by atoms with E-state index < -0.39 is 11.4 Å². The summed E-state index contributed by atoms with van der Waals surface area (Å²) in [5.41, 5.74) is 0.0851. The number of carboxylic acid groups (broad SMARTS) is 1. The van der Waals surface area contributed by atoms with Crippen LogP contribution in [0.3, 0.4) is 0 Å². The molecule has 1 atom stereocenters. The van der Waals surface area contributed by atoms with Gasteiger partial charge in [0.2, 0.25) is 0 Å². The molecule has 114 valence electrons. The first-order valence-corrected chi connectivity index (χ1v) is 7.12. The molecule has 1 unspecified atom stereocenters. The Hall–Kier alpha value is -2.11. The molecule has 2 N–H and O–H groups in total. The molecule has 2 rings (SSSR count). The fraction of sp³-hybridized carbons (Fsp3) is 0.533. The second-order valence-electron chi connectivity index (χ2n) is 5.78. The van der Waals surface area contributed by atoms with Crippen molar-refractivity contribution >= 4 is 12.0 Å². The minimum atomic E-state index is -0.788. The first-order chi connectivity index (χ1) is 9.92. The molecule has 1 saturated heterocycles. The molecule has 0 saturated carbocycles. The molecule has 0 aliphatic carbocycles. The molecule has 6 nitrogen and oxygen atoms in total. The van der Waals surface area contributed by atoms with Crippen molar-refractivity contribution in [1.82, 2.24) is 15.2 Å². The Balaban J connectivity index is 1.89. The summed E-state index contributed by atoms with van der Waals surface area (Å²) in [6, 6.07) is 5.23. The third kappa shape index (κ3) is 3.51. The van der Waals surface area contributed by atoms with Gasteiger partial charge in [-0.2, -0.15) is 0 Å². The van der Waals surface area contributed by atoms with Crippen LogP contribution < -0.4 is 5.32 Å². The summed E-state index contributed by atoms with van der Waals surface area (Å²) in [5.74, 6) is -0.788.